The number of benzene rings is 2. The fourth-order valence-corrected chi connectivity index (χ4v) is 6.22. The predicted molar refractivity (Wildman–Crippen MR) is 136 cm³/mol. The number of nitrogens with zero attached hydrogens (tertiary/aromatic N) is 2. The minimum atomic E-state index is -3.92. The summed E-state index contributed by atoms with van der Waals surface area (Å²) in [6, 6.07) is 20.0. The maximum Gasteiger partial charge on any atom is 0.244 e. The van der Waals surface area contributed by atoms with Crippen LogP contribution in [0.5, 0.6) is 5.75 Å². The van der Waals surface area contributed by atoms with Gasteiger partial charge in [-0.15, -0.1) is 11.3 Å². The molecule has 0 saturated heterocycles. The molecule has 1 amide bonds. The number of amides is 1. The lowest BCUT2D eigenvalue weighted by Gasteiger charge is -2.35. The number of aryl methyl sites for hydroxylation is 1. The van der Waals surface area contributed by atoms with Crippen LogP contribution < -0.4 is 4.74 Å². The number of hydrogen-bond acceptors (Lipinski definition) is 5. The first-order chi connectivity index (χ1) is 16.0. The summed E-state index contributed by atoms with van der Waals surface area (Å²) in [7, 11) is -2.39. The Morgan fingerprint density at radius 1 is 0.941 bits per heavy atom. The molecule has 2 aromatic carbocycles. The van der Waals surface area contributed by atoms with Gasteiger partial charge >= 0.3 is 0 Å². The Hall–Kier alpha value is -2.68. The fourth-order valence-electron chi connectivity index (χ4n) is 3.57. The van der Waals surface area contributed by atoms with E-state index in [1.54, 1.807) is 49.1 Å². The standard InChI is InChI=1S/C26H32N2O4S2/c1-20-11-14-23(33-20)18-27(17-21-9-7-6-8-10-21)25(29)19-28(26(2,3)4)34(30,31)24-15-12-22(32-5)13-16-24/h6-16H,17-19H2,1-5H3. The van der Waals surface area contributed by atoms with E-state index in [1.165, 1.54) is 28.4 Å². The lowest BCUT2D eigenvalue weighted by Crippen LogP contribution is -2.50. The number of ether oxygens (including phenoxy) is 1. The van der Waals surface area contributed by atoms with E-state index < -0.39 is 15.6 Å². The molecule has 0 aliphatic carbocycles. The van der Waals surface area contributed by atoms with Crippen molar-refractivity contribution in [3.8, 4) is 5.75 Å². The molecule has 0 spiro atoms. The summed E-state index contributed by atoms with van der Waals surface area (Å²) < 4.78 is 33.6. The molecule has 0 N–H and O–H groups in total. The zero-order valence-electron chi connectivity index (χ0n) is 20.3. The molecule has 0 aliphatic heterocycles. The molecular weight excluding hydrogens is 468 g/mol. The van der Waals surface area contributed by atoms with Gasteiger partial charge in [0.15, 0.2) is 0 Å². The molecule has 0 fully saturated rings. The summed E-state index contributed by atoms with van der Waals surface area (Å²) in [5.41, 5.74) is 0.191. The number of methoxy groups -OCH3 is 1. The van der Waals surface area contributed by atoms with Gasteiger partial charge in [0, 0.05) is 21.8 Å². The first kappa shape index (κ1) is 25.9. The predicted octanol–water partition coefficient (Wildman–Crippen LogP) is 5.08. The van der Waals surface area contributed by atoms with Crippen molar-refractivity contribution in [2.24, 2.45) is 0 Å². The highest BCUT2D eigenvalue weighted by Crippen LogP contribution is 2.27. The van der Waals surface area contributed by atoms with E-state index in [2.05, 4.69) is 0 Å². The molecule has 6 nitrogen and oxygen atoms in total. The van der Waals surface area contributed by atoms with Crippen molar-refractivity contribution in [1.82, 2.24) is 9.21 Å². The Morgan fingerprint density at radius 2 is 1.59 bits per heavy atom. The van der Waals surface area contributed by atoms with E-state index >= 15 is 0 Å². The number of sulfonamides is 1. The molecular formula is C26H32N2O4S2. The van der Waals surface area contributed by atoms with E-state index in [4.69, 9.17) is 4.74 Å². The molecule has 1 heterocycles. The van der Waals surface area contributed by atoms with Gasteiger partial charge in [-0.25, -0.2) is 8.42 Å². The van der Waals surface area contributed by atoms with Crippen LogP contribution in [0.1, 0.15) is 36.1 Å². The van der Waals surface area contributed by atoms with Gasteiger partial charge in [-0.1, -0.05) is 30.3 Å². The topological polar surface area (TPSA) is 66.9 Å². The maximum absolute atomic E-state index is 13.6. The van der Waals surface area contributed by atoms with Crippen molar-refractivity contribution in [3.63, 3.8) is 0 Å². The quantitative estimate of drug-likeness (QED) is 0.411. The third kappa shape index (κ3) is 6.46. The highest BCUT2D eigenvalue weighted by atomic mass is 32.2. The first-order valence-electron chi connectivity index (χ1n) is 11.0. The number of hydrogen-bond donors (Lipinski definition) is 0. The summed E-state index contributed by atoms with van der Waals surface area (Å²) in [6.45, 7) is 7.99. The Labute approximate surface area is 206 Å². The van der Waals surface area contributed by atoms with Crippen molar-refractivity contribution < 1.29 is 17.9 Å². The Morgan fingerprint density at radius 3 is 2.12 bits per heavy atom. The van der Waals surface area contributed by atoms with Gasteiger partial charge in [0.25, 0.3) is 0 Å². The van der Waals surface area contributed by atoms with Gasteiger partial charge in [0.2, 0.25) is 15.9 Å². The van der Waals surface area contributed by atoms with Crippen LogP contribution in [0.4, 0.5) is 0 Å². The third-order valence-electron chi connectivity index (χ3n) is 5.39. The lowest BCUT2D eigenvalue weighted by molar-refractivity contribution is -0.133. The normalized spacial score (nSPS) is 12.1. The molecule has 0 bridgehead atoms. The number of carbonyl (C=O) groups is 1. The average Bonchev–Trinajstić information content (AvgIpc) is 3.21. The summed E-state index contributed by atoms with van der Waals surface area (Å²) in [5.74, 6) is 0.319. The zero-order chi connectivity index (χ0) is 24.9. The molecule has 0 radical (unpaired) electrons. The Bertz CT molecular complexity index is 1200. The second-order valence-corrected chi connectivity index (χ2v) is 12.3. The van der Waals surface area contributed by atoms with Crippen LogP contribution in [0.15, 0.2) is 71.6 Å². The van der Waals surface area contributed by atoms with E-state index in [0.717, 1.165) is 10.4 Å². The summed E-state index contributed by atoms with van der Waals surface area (Å²) in [4.78, 5) is 17.7. The summed E-state index contributed by atoms with van der Waals surface area (Å²) in [5, 5.41) is 0. The van der Waals surface area contributed by atoms with Crippen molar-refractivity contribution >= 4 is 27.3 Å². The fraction of sp³-hybridized carbons (Fsp3) is 0.346. The molecule has 3 aromatic rings. The minimum absolute atomic E-state index is 0.125. The van der Waals surface area contributed by atoms with Gasteiger partial charge in [-0.2, -0.15) is 4.31 Å². The van der Waals surface area contributed by atoms with E-state index in [1.807, 2.05) is 49.4 Å². The largest absolute Gasteiger partial charge is 0.497 e. The van der Waals surface area contributed by atoms with Gasteiger partial charge in [0.05, 0.1) is 25.1 Å². The van der Waals surface area contributed by atoms with Crippen molar-refractivity contribution in [1.29, 1.82) is 0 Å². The van der Waals surface area contributed by atoms with Crippen LogP contribution in [-0.4, -0.2) is 42.7 Å². The van der Waals surface area contributed by atoms with E-state index in [-0.39, 0.29) is 17.3 Å². The second-order valence-electron chi connectivity index (χ2n) is 9.11. The molecule has 8 heteroatoms. The molecule has 0 saturated carbocycles. The lowest BCUT2D eigenvalue weighted by atomic mass is 10.1. The van der Waals surface area contributed by atoms with Gasteiger partial charge in [0.1, 0.15) is 5.75 Å². The Balaban J connectivity index is 1.90. The minimum Gasteiger partial charge on any atom is -0.497 e. The van der Waals surface area contributed by atoms with Gasteiger partial charge < -0.3 is 9.64 Å². The van der Waals surface area contributed by atoms with Gasteiger partial charge in [-0.3, -0.25) is 4.79 Å². The number of carbonyl (C=O) groups excluding carboxylic acids is 1. The molecule has 3 rings (SSSR count). The first-order valence-corrected chi connectivity index (χ1v) is 13.3. The molecule has 34 heavy (non-hydrogen) atoms. The van der Waals surface area contributed by atoms with Crippen LogP contribution in [0.2, 0.25) is 0 Å². The van der Waals surface area contributed by atoms with E-state index in [0.29, 0.717) is 18.8 Å². The van der Waals surface area contributed by atoms with Crippen molar-refractivity contribution in [2.45, 2.75) is 51.2 Å². The number of rotatable bonds is 9. The molecule has 1 aromatic heterocycles. The van der Waals surface area contributed by atoms with Crippen LogP contribution in [0, 0.1) is 6.92 Å². The maximum atomic E-state index is 13.6. The zero-order valence-corrected chi connectivity index (χ0v) is 21.9. The smallest absolute Gasteiger partial charge is 0.244 e. The molecule has 0 aliphatic rings. The SMILES string of the molecule is COc1ccc(S(=O)(=O)N(CC(=O)N(Cc2ccccc2)Cc2ccc(C)s2)C(C)(C)C)cc1. The van der Waals surface area contributed by atoms with Crippen molar-refractivity contribution in [2.75, 3.05) is 13.7 Å². The van der Waals surface area contributed by atoms with Crippen LogP contribution in [-0.2, 0) is 27.9 Å². The monoisotopic (exact) mass is 500 g/mol. The van der Waals surface area contributed by atoms with Crippen LogP contribution in [0.25, 0.3) is 0 Å². The summed E-state index contributed by atoms with van der Waals surface area (Å²) >= 11 is 1.64. The van der Waals surface area contributed by atoms with Crippen LogP contribution in [0.3, 0.4) is 0 Å². The molecule has 0 atom stereocenters. The molecule has 182 valence electrons. The highest BCUT2D eigenvalue weighted by Gasteiger charge is 2.36. The van der Waals surface area contributed by atoms with Gasteiger partial charge in [-0.05, 0) is 69.7 Å². The highest BCUT2D eigenvalue weighted by molar-refractivity contribution is 7.89. The molecule has 0 unspecified atom stereocenters. The van der Waals surface area contributed by atoms with E-state index in [9.17, 15) is 13.2 Å². The third-order valence-corrected chi connectivity index (χ3v) is 8.50. The van der Waals surface area contributed by atoms with Crippen molar-refractivity contribution in [3.05, 3.63) is 82.0 Å². The number of thiophene rings is 1. The average molecular weight is 501 g/mol. The second kappa shape index (κ2) is 10.7. The van der Waals surface area contributed by atoms with Crippen LogP contribution >= 0.6 is 11.3 Å². The Kier molecular flexibility index (Phi) is 8.17. The summed E-state index contributed by atoms with van der Waals surface area (Å²) in [6.07, 6.45) is 0.